The molecule has 1 aromatic heterocycles. The Hall–Kier alpha value is -1.34. The minimum Gasteiger partial charge on any atom is -0.381 e. The van der Waals surface area contributed by atoms with E-state index in [9.17, 15) is 13.2 Å². The molecule has 0 bridgehead atoms. The largest absolute Gasteiger partial charge is 0.416 e. The van der Waals surface area contributed by atoms with E-state index in [0.717, 1.165) is 18.3 Å². The van der Waals surface area contributed by atoms with E-state index in [1.807, 2.05) is 0 Å². The summed E-state index contributed by atoms with van der Waals surface area (Å²) in [6.45, 7) is 1.58. The Kier molecular flexibility index (Phi) is 4.49. The van der Waals surface area contributed by atoms with Crippen molar-refractivity contribution in [2.75, 3.05) is 32.2 Å². The Labute approximate surface area is 115 Å². The van der Waals surface area contributed by atoms with Crippen molar-refractivity contribution >= 4 is 5.82 Å². The van der Waals surface area contributed by atoms with E-state index in [2.05, 4.69) is 10.3 Å². The van der Waals surface area contributed by atoms with Crippen LogP contribution < -0.4 is 5.32 Å². The first-order valence-electron chi connectivity index (χ1n) is 6.35. The van der Waals surface area contributed by atoms with Crippen molar-refractivity contribution in [1.82, 2.24) is 4.98 Å². The Bertz CT molecular complexity index is 445. The van der Waals surface area contributed by atoms with Crippen LogP contribution in [0.4, 0.5) is 19.0 Å². The molecule has 112 valence electrons. The van der Waals surface area contributed by atoms with Gasteiger partial charge in [0.2, 0.25) is 0 Å². The molecule has 0 amide bonds. The smallest absolute Gasteiger partial charge is 0.381 e. The summed E-state index contributed by atoms with van der Waals surface area (Å²) in [6.07, 6.45) is -1.81. The summed E-state index contributed by atoms with van der Waals surface area (Å²) in [7, 11) is 1.60. The third-order valence-electron chi connectivity index (χ3n) is 3.52. The van der Waals surface area contributed by atoms with Crippen LogP contribution in [0.1, 0.15) is 18.4 Å². The fraction of sp³-hybridized carbons (Fsp3) is 0.615. The molecule has 1 fully saturated rings. The number of rotatable bonds is 4. The average molecular weight is 290 g/mol. The van der Waals surface area contributed by atoms with E-state index in [0.29, 0.717) is 32.6 Å². The van der Waals surface area contributed by atoms with Gasteiger partial charge >= 0.3 is 6.18 Å². The molecule has 1 N–H and O–H groups in total. The first-order chi connectivity index (χ1) is 9.45. The lowest BCUT2D eigenvalue weighted by Crippen LogP contribution is -2.44. The molecule has 0 radical (unpaired) electrons. The molecular formula is C13H17F3N2O2. The molecule has 0 spiro atoms. The third-order valence-corrected chi connectivity index (χ3v) is 3.52. The lowest BCUT2D eigenvalue weighted by atomic mass is 9.94. The number of hydrogen-bond acceptors (Lipinski definition) is 4. The maximum atomic E-state index is 12.6. The van der Waals surface area contributed by atoms with Gasteiger partial charge < -0.3 is 14.8 Å². The number of nitrogens with zero attached hydrogens (tertiary/aromatic N) is 1. The summed E-state index contributed by atoms with van der Waals surface area (Å²) < 4.78 is 48.6. The fourth-order valence-electron chi connectivity index (χ4n) is 2.15. The van der Waals surface area contributed by atoms with Crippen LogP contribution in [0.2, 0.25) is 0 Å². The van der Waals surface area contributed by atoms with Crippen LogP contribution in [-0.4, -0.2) is 37.5 Å². The third kappa shape index (κ3) is 3.61. The molecule has 2 heterocycles. The molecule has 0 unspecified atom stereocenters. The van der Waals surface area contributed by atoms with Crippen LogP contribution in [0.25, 0.3) is 0 Å². The predicted octanol–water partition coefficient (Wildman–Crippen LogP) is 2.71. The Balaban J connectivity index is 2.03. The zero-order chi connectivity index (χ0) is 14.6. The topological polar surface area (TPSA) is 43.4 Å². The van der Waals surface area contributed by atoms with Crippen molar-refractivity contribution in [3.8, 4) is 0 Å². The monoisotopic (exact) mass is 290 g/mol. The highest BCUT2D eigenvalue weighted by Crippen LogP contribution is 2.30. The number of anilines is 1. The highest BCUT2D eigenvalue weighted by atomic mass is 19.4. The normalized spacial score (nSPS) is 18.8. The Morgan fingerprint density at radius 3 is 2.70 bits per heavy atom. The number of halogens is 3. The zero-order valence-corrected chi connectivity index (χ0v) is 11.2. The molecule has 0 saturated carbocycles. The number of nitrogens with one attached hydrogen (secondary N) is 1. The van der Waals surface area contributed by atoms with E-state index in [1.54, 1.807) is 7.11 Å². The van der Waals surface area contributed by atoms with Gasteiger partial charge in [-0.15, -0.1) is 0 Å². The molecule has 20 heavy (non-hydrogen) atoms. The maximum absolute atomic E-state index is 12.6. The molecule has 1 aliphatic heterocycles. The lowest BCUT2D eigenvalue weighted by Gasteiger charge is -2.36. The Morgan fingerprint density at radius 1 is 1.40 bits per heavy atom. The van der Waals surface area contributed by atoms with Crippen LogP contribution in [0, 0.1) is 0 Å². The van der Waals surface area contributed by atoms with Gasteiger partial charge in [-0.25, -0.2) is 4.98 Å². The van der Waals surface area contributed by atoms with Crippen molar-refractivity contribution in [2.24, 2.45) is 0 Å². The molecule has 1 aromatic rings. The highest BCUT2D eigenvalue weighted by molar-refractivity contribution is 5.39. The molecule has 0 aromatic carbocycles. The SMILES string of the molecule is COC1(CNc2cc(C(F)(F)F)ccn2)CCOCC1. The van der Waals surface area contributed by atoms with Gasteiger partial charge in [-0.05, 0) is 12.1 Å². The Morgan fingerprint density at radius 2 is 2.10 bits per heavy atom. The van der Waals surface area contributed by atoms with Crippen LogP contribution in [0.15, 0.2) is 18.3 Å². The molecule has 4 nitrogen and oxygen atoms in total. The summed E-state index contributed by atoms with van der Waals surface area (Å²) in [4.78, 5) is 3.90. The van der Waals surface area contributed by atoms with Gasteiger partial charge in [-0.3, -0.25) is 0 Å². The molecule has 2 rings (SSSR count). The number of aromatic nitrogens is 1. The summed E-state index contributed by atoms with van der Waals surface area (Å²) >= 11 is 0. The van der Waals surface area contributed by atoms with Crippen LogP contribution in [0.3, 0.4) is 0 Å². The van der Waals surface area contributed by atoms with E-state index >= 15 is 0 Å². The number of alkyl halides is 3. The minimum absolute atomic E-state index is 0.197. The van der Waals surface area contributed by atoms with Crippen LogP contribution >= 0.6 is 0 Å². The van der Waals surface area contributed by atoms with E-state index < -0.39 is 17.3 Å². The van der Waals surface area contributed by atoms with Gasteiger partial charge in [0.25, 0.3) is 0 Å². The van der Waals surface area contributed by atoms with Gasteiger partial charge in [0, 0.05) is 45.9 Å². The maximum Gasteiger partial charge on any atom is 0.416 e. The highest BCUT2D eigenvalue weighted by Gasteiger charge is 2.33. The second-order valence-corrected chi connectivity index (χ2v) is 4.78. The van der Waals surface area contributed by atoms with E-state index in [4.69, 9.17) is 9.47 Å². The summed E-state index contributed by atoms with van der Waals surface area (Å²) in [5.74, 6) is 0.197. The van der Waals surface area contributed by atoms with Gasteiger partial charge in [0.15, 0.2) is 0 Å². The van der Waals surface area contributed by atoms with Crippen molar-refractivity contribution in [1.29, 1.82) is 0 Å². The van der Waals surface area contributed by atoms with Gasteiger partial charge in [0.05, 0.1) is 11.2 Å². The quantitative estimate of drug-likeness (QED) is 0.926. The molecule has 7 heteroatoms. The van der Waals surface area contributed by atoms with Gasteiger partial charge in [-0.2, -0.15) is 13.2 Å². The van der Waals surface area contributed by atoms with Crippen molar-refractivity contribution in [3.05, 3.63) is 23.9 Å². The van der Waals surface area contributed by atoms with E-state index in [1.165, 1.54) is 0 Å². The first-order valence-corrected chi connectivity index (χ1v) is 6.35. The lowest BCUT2D eigenvalue weighted by molar-refractivity contribution is -0.137. The molecule has 0 aliphatic carbocycles. The average Bonchev–Trinajstić information content (AvgIpc) is 2.46. The molecule has 1 aliphatic rings. The fourth-order valence-corrected chi connectivity index (χ4v) is 2.15. The summed E-state index contributed by atoms with van der Waals surface area (Å²) in [6, 6.07) is 1.95. The second kappa shape index (κ2) is 5.97. The molecular weight excluding hydrogens is 273 g/mol. The predicted molar refractivity (Wildman–Crippen MR) is 67.5 cm³/mol. The van der Waals surface area contributed by atoms with Crippen molar-refractivity contribution < 1.29 is 22.6 Å². The summed E-state index contributed by atoms with van der Waals surface area (Å²) in [5, 5.41) is 2.93. The van der Waals surface area contributed by atoms with E-state index in [-0.39, 0.29) is 5.82 Å². The molecule has 0 atom stereocenters. The molecule has 1 saturated heterocycles. The van der Waals surface area contributed by atoms with Crippen molar-refractivity contribution in [3.63, 3.8) is 0 Å². The first kappa shape index (κ1) is 15.1. The minimum atomic E-state index is -4.36. The second-order valence-electron chi connectivity index (χ2n) is 4.78. The number of methoxy groups -OCH3 is 1. The van der Waals surface area contributed by atoms with Crippen LogP contribution in [0.5, 0.6) is 0 Å². The number of ether oxygens (including phenoxy) is 2. The van der Waals surface area contributed by atoms with Gasteiger partial charge in [0.1, 0.15) is 5.82 Å². The number of hydrogen-bond donors (Lipinski definition) is 1. The standard InChI is InChI=1S/C13H17F3N2O2/c1-19-12(3-6-20-7-4-12)9-18-11-8-10(2-5-17-11)13(14,15)16/h2,5,8H,3-4,6-7,9H2,1H3,(H,17,18). The van der Waals surface area contributed by atoms with Crippen LogP contribution in [-0.2, 0) is 15.7 Å². The summed E-state index contributed by atoms with van der Waals surface area (Å²) in [5.41, 5.74) is -1.12. The van der Waals surface area contributed by atoms with Crippen molar-refractivity contribution in [2.45, 2.75) is 24.6 Å². The zero-order valence-electron chi connectivity index (χ0n) is 11.2. The number of pyridine rings is 1. The van der Waals surface area contributed by atoms with Gasteiger partial charge in [-0.1, -0.05) is 0 Å².